The summed E-state index contributed by atoms with van der Waals surface area (Å²) in [4.78, 5) is 26.4. The Morgan fingerprint density at radius 1 is 1.14 bits per heavy atom. The second-order valence-corrected chi connectivity index (χ2v) is 6.87. The lowest BCUT2D eigenvalue weighted by atomic mass is 10.2. The number of nitrogens with zero attached hydrogens (tertiary/aromatic N) is 4. The number of esters is 1. The molecule has 0 aliphatic heterocycles. The number of nitrogens with one attached hydrogen (secondary N) is 1. The summed E-state index contributed by atoms with van der Waals surface area (Å²) in [6.07, 6.45) is 0. The number of fused-ring (bicyclic) bond motifs is 1. The Bertz CT molecular complexity index is 981. The molecule has 152 valence electrons. The fourth-order valence-corrected chi connectivity index (χ4v) is 3.13. The highest BCUT2D eigenvalue weighted by Crippen LogP contribution is 2.19. The standard InChI is InChI=1S/C21H25N5O3/c1-4-25(15(2)3)17-11-9-16(10-12-17)22-20(27)14-29-21(28)13-26-19-8-6-5-7-18(19)23-24-26/h5-12,15H,4,13-14H2,1-3H3,(H,22,27). The van der Waals surface area contributed by atoms with Crippen molar-refractivity contribution in [3.8, 4) is 0 Å². The lowest BCUT2D eigenvalue weighted by Gasteiger charge is -2.27. The van der Waals surface area contributed by atoms with Gasteiger partial charge in [0.15, 0.2) is 6.61 Å². The number of aromatic nitrogens is 3. The summed E-state index contributed by atoms with van der Waals surface area (Å²) < 4.78 is 6.51. The van der Waals surface area contributed by atoms with Gasteiger partial charge in [0.05, 0.1) is 5.52 Å². The molecular weight excluding hydrogens is 370 g/mol. The maximum Gasteiger partial charge on any atom is 0.328 e. The van der Waals surface area contributed by atoms with Crippen LogP contribution < -0.4 is 10.2 Å². The summed E-state index contributed by atoms with van der Waals surface area (Å²) in [6.45, 7) is 6.81. The topological polar surface area (TPSA) is 89.4 Å². The van der Waals surface area contributed by atoms with Crippen molar-refractivity contribution in [1.29, 1.82) is 0 Å². The minimum Gasteiger partial charge on any atom is -0.454 e. The predicted molar refractivity (Wildman–Crippen MR) is 112 cm³/mol. The fourth-order valence-electron chi connectivity index (χ4n) is 3.13. The van der Waals surface area contributed by atoms with E-state index in [1.807, 2.05) is 48.5 Å². The van der Waals surface area contributed by atoms with Gasteiger partial charge in [0, 0.05) is 24.0 Å². The molecule has 1 N–H and O–H groups in total. The van der Waals surface area contributed by atoms with Crippen LogP contribution in [0.5, 0.6) is 0 Å². The zero-order valence-electron chi connectivity index (χ0n) is 16.8. The van der Waals surface area contributed by atoms with Crippen LogP contribution in [0.3, 0.4) is 0 Å². The largest absolute Gasteiger partial charge is 0.454 e. The van der Waals surface area contributed by atoms with E-state index in [0.29, 0.717) is 17.2 Å². The number of carbonyl (C=O) groups is 2. The molecule has 8 nitrogen and oxygen atoms in total. The number of rotatable bonds is 8. The van der Waals surface area contributed by atoms with Gasteiger partial charge in [-0.25, -0.2) is 4.68 Å². The summed E-state index contributed by atoms with van der Waals surface area (Å²) in [5, 5.41) is 10.6. The molecule has 0 unspecified atom stereocenters. The van der Waals surface area contributed by atoms with Gasteiger partial charge in [-0.3, -0.25) is 9.59 Å². The van der Waals surface area contributed by atoms with Crippen molar-refractivity contribution >= 4 is 34.3 Å². The fraction of sp³-hybridized carbons (Fsp3) is 0.333. The Balaban J connectivity index is 1.50. The van der Waals surface area contributed by atoms with Gasteiger partial charge in [-0.15, -0.1) is 5.10 Å². The van der Waals surface area contributed by atoms with Crippen molar-refractivity contribution < 1.29 is 14.3 Å². The van der Waals surface area contributed by atoms with E-state index in [1.165, 1.54) is 4.68 Å². The number of amides is 1. The predicted octanol–water partition coefficient (Wildman–Crippen LogP) is 2.85. The lowest BCUT2D eigenvalue weighted by molar-refractivity contribution is -0.148. The molecule has 1 aromatic heterocycles. The van der Waals surface area contributed by atoms with Gasteiger partial charge in [0.2, 0.25) is 0 Å². The molecule has 8 heteroatoms. The molecule has 3 rings (SSSR count). The van der Waals surface area contributed by atoms with Crippen LogP contribution in [-0.4, -0.2) is 46.1 Å². The molecule has 0 saturated carbocycles. The van der Waals surface area contributed by atoms with E-state index < -0.39 is 11.9 Å². The Kier molecular flexibility index (Phi) is 6.43. The van der Waals surface area contributed by atoms with Crippen molar-refractivity contribution in [2.75, 3.05) is 23.4 Å². The number of carbonyl (C=O) groups excluding carboxylic acids is 2. The molecule has 0 fully saturated rings. The highest BCUT2D eigenvalue weighted by atomic mass is 16.5. The molecule has 1 heterocycles. The van der Waals surface area contributed by atoms with Crippen LogP contribution in [0.1, 0.15) is 20.8 Å². The monoisotopic (exact) mass is 395 g/mol. The molecule has 0 saturated heterocycles. The number of benzene rings is 2. The molecule has 1 amide bonds. The van der Waals surface area contributed by atoms with Gasteiger partial charge in [0.1, 0.15) is 12.1 Å². The highest BCUT2D eigenvalue weighted by Gasteiger charge is 2.12. The Hall–Kier alpha value is -3.42. The zero-order valence-corrected chi connectivity index (χ0v) is 16.8. The van der Waals surface area contributed by atoms with E-state index in [4.69, 9.17) is 4.74 Å². The molecule has 0 bridgehead atoms. The van der Waals surface area contributed by atoms with E-state index in [0.717, 1.165) is 17.7 Å². The number of ether oxygens (including phenoxy) is 1. The van der Waals surface area contributed by atoms with Gasteiger partial charge in [0.25, 0.3) is 5.91 Å². The quantitative estimate of drug-likeness (QED) is 0.590. The third kappa shape index (κ3) is 5.10. The minimum atomic E-state index is -0.554. The third-order valence-electron chi connectivity index (χ3n) is 4.51. The third-order valence-corrected chi connectivity index (χ3v) is 4.51. The van der Waals surface area contributed by atoms with Gasteiger partial charge in [-0.05, 0) is 57.2 Å². The van der Waals surface area contributed by atoms with Gasteiger partial charge < -0.3 is 15.0 Å². The van der Waals surface area contributed by atoms with Gasteiger partial charge in [-0.2, -0.15) is 0 Å². The molecule has 0 aliphatic rings. The second kappa shape index (κ2) is 9.18. The zero-order chi connectivity index (χ0) is 20.8. The van der Waals surface area contributed by atoms with Crippen LogP contribution >= 0.6 is 0 Å². The smallest absolute Gasteiger partial charge is 0.328 e. The minimum absolute atomic E-state index is 0.107. The summed E-state index contributed by atoms with van der Waals surface area (Å²) >= 11 is 0. The van der Waals surface area contributed by atoms with Crippen LogP contribution in [0.2, 0.25) is 0 Å². The first-order valence-corrected chi connectivity index (χ1v) is 9.58. The average molecular weight is 395 g/mol. The van der Waals surface area contributed by atoms with Gasteiger partial charge in [-0.1, -0.05) is 17.3 Å². The Morgan fingerprint density at radius 2 is 1.86 bits per heavy atom. The van der Waals surface area contributed by atoms with E-state index in [2.05, 4.69) is 41.3 Å². The summed E-state index contributed by atoms with van der Waals surface area (Å²) in [7, 11) is 0. The lowest BCUT2D eigenvalue weighted by Crippen LogP contribution is -2.30. The van der Waals surface area contributed by atoms with Crippen molar-refractivity contribution in [2.24, 2.45) is 0 Å². The number of anilines is 2. The van der Waals surface area contributed by atoms with Crippen molar-refractivity contribution in [1.82, 2.24) is 15.0 Å². The van der Waals surface area contributed by atoms with Crippen LogP contribution in [-0.2, 0) is 20.9 Å². The van der Waals surface area contributed by atoms with Crippen molar-refractivity contribution in [3.63, 3.8) is 0 Å². The second-order valence-electron chi connectivity index (χ2n) is 6.87. The molecule has 29 heavy (non-hydrogen) atoms. The maximum absolute atomic E-state index is 12.1. The molecule has 0 radical (unpaired) electrons. The van der Waals surface area contributed by atoms with Crippen molar-refractivity contribution in [3.05, 3.63) is 48.5 Å². The highest BCUT2D eigenvalue weighted by molar-refractivity contribution is 5.93. The first kappa shape index (κ1) is 20.3. The maximum atomic E-state index is 12.1. The first-order valence-electron chi connectivity index (χ1n) is 9.58. The number of para-hydroxylation sites is 1. The van der Waals surface area contributed by atoms with E-state index in [9.17, 15) is 9.59 Å². The summed E-state index contributed by atoms with van der Waals surface area (Å²) in [5.41, 5.74) is 3.17. The van der Waals surface area contributed by atoms with E-state index in [-0.39, 0.29) is 13.2 Å². The molecule has 0 aliphatic carbocycles. The van der Waals surface area contributed by atoms with Crippen LogP contribution in [0.25, 0.3) is 11.0 Å². The normalized spacial score (nSPS) is 10.9. The molecule has 2 aromatic carbocycles. The molecular formula is C21H25N5O3. The number of hydrogen-bond acceptors (Lipinski definition) is 6. The summed E-state index contributed by atoms with van der Waals surface area (Å²) in [6, 6.07) is 15.3. The van der Waals surface area contributed by atoms with E-state index >= 15 is 0 Å². The van der Waals surface area contributed by atoms with Crippen LogP contribution in [0.4, 0.5) is 11.4 Å². The van der Waals surface area contributed by atoms with E-state index in [1.54, 1.807) is 0 Å². The van der Waals surface area contributed by atoms with Gasteiger partial charge >= 0.3 is 5.97 Å². The molecule has 3 aromatic rings. The number of hydrogen-bond donors (Lipinski definition) is 1. The summed E-state index contributed by atoms with van der Waals surface area (Å²) in [5.74, 6) is -0.951. The van der Waals surface area contributed by atoms with Crippen molar-refractivity contribution in [2.45, 2.75) is 33.4 Å². The first-order chi connectivity index (χ1) is 14.0. The SMILES string of the molecule is CCN(c1ccc(NC(=O)COC(=O)Cn2nnc3ccccc32)cc1)C(C)C. The molecule has 0 spiro atoms. The Labute approximate surface area is 169 Å². The molecule has 0 atom stereocenters. The average Bonchev–Trinajstić information content (AvgIpc) is 3.11. The van der Waals surface area contributed by atoms with Crippen LogP contribution in [0.15, 0.2) is 48.5 Å². The Morgan fingerprint density at radius 3 is 2.55 bits per heavy atom. The van der Waals surface area contributed by atoms with Crippen LogP contribution in [0, 0.1) is 0 Å².